The lowest BCUT2D eigenvalue weighted by Crippen LogP contribution is -2.55. The lowest BCUT2D eigenvalue weighted by atomic mass is 9.98. The highest BCUT2D eigenvalue weighted by Crippen LogP contribution is 2.17. The van der Waals surface area contributed by atoms with Crippen LogP contribution in [0.4, 0.5) is 0 Å². The molecule has 2 saturated heterocycles. The first kappa shape index (κ1) is 12.8. The standard InChI is InChI=1S/C13H25N3O/c1-13(2,3)16-6-4-15(5-7-16)12(17)8-11-9-14-10-11/h11,14H,4-10H2,1-3H3. The van der Waals surface area contributed by atoms with Crippen LogP contribution >= 0.6 is 0 Å². The number of hydrogen-bond acceptors (Lipinski definition) is 3. The largest absolute Gasteiger partial charge is 0.340 e. The van der Waals surface area contributed by atoms with Gasteiger partial charge in [-0.05, 0) is 39.8 Å². The van der Waals surface area contributed by atoms with Crippen LogP contribution in [-0.4, -0.2) is 60.5 Å². The van der Waals surface area contributed by atoms with Crippen molar-refractivity contribution in [1.29, 1.82) is 0 Å². The number of amides is 1. The molecule has 2 aliphatic rings. The van der Waals surface area contributed by atoms with Gasteiger partial charge in [-0.3, -0.25) is 9.69 Å². The Balaban J connectivity index is 1.76. The van der Waals surface area contributed by atoms with Crippen molar-refractivity contribution in [2.75, 3.05) is 39.3 Å². The van der Waals surface area contributed by atoms with Gasteiger partial charge in [-0.1, -0.05) is 0 Å². The number of carbonyl (C=O) groups excluding carboxylic acids is 1. The normalized spacial score (nSPS) is 23.6. The Morgan fingerprint density at radius 3 is 2.18 bits per heavy atom. The van der Waals surface area contributed by atoms with Crippen molar-refractivity contribution in [3.05, 3.63) is 0 Å². The third kappa shape index (κ3) is 3.19. The van der Waals surface area contributed by atoms with E-state index in [1.807, 2.05) is 4.90 Å². The van der Waals surface area contributed by atoms with Crippen LogP contribution in [0.15, 0.2) is 0 Å². The summed E-state index contributed by atoms with van der Waals surface area (Å²) >= 11 is 0. The van der Waals surface area contributed by atoms with Crippen LogP contribution in [0.1, 0.15) is 27.2 Å². The first-order valence-corrected chi connectivity index (χ1v) is 6.70. The lowest BCUT2D eigenvalue weighted by molar-refractivity contribution is -0.135. The Kier molecular flexibility index (Phi) is 3.73. The van der Waals surface area contributed by atoms with Gasteiger partial charge in [-0.15, -0.1) is 0 Å². The summed E-state index contributed by atoms with van der Waals surface area (Å²) in [6.07, 6.45) is 0.739. The van der Waals surface area contributed by atoms with Crippen molar-refractivity contribution in [2.45, 2.75) is 32.7 Å². The van der Waals surface area contributed by atoms with E-state index in [4.69, 9.17) is 0 Å². The lowest BCUT2D eigenvalue weighted by Gasteiger charge is -2.42. The van der Waals surface area contributed by atoms with Crippen molar-refractivity contribution in [3.8, 4) is 0 Å². The second-order valence-corrected chi connectivity index (χ2v) is 6.27. The van der Waals surface area contributed by atoms with E-state index >= 15 is 0 Å². The minimum Gasteiger partial charge on any atom is -0.340 e. The Labute approximate surface area is 104 Å². The maximum Gasteiger partial charge on any atom is 0.223 e. The monoisotopic (exact) mass is 239 g/mol. The van der Waals surface area contributed by atoms with Crippen LogP contribution in [0.5, 0.6) is 0 Å². The fourth-order valence-corrected chi connectivity index (χ4v) is 2.50. The summed E-state index contributed by atoms with van der Waals surface area (Å²) in [5.74, 6) is 0.938. The third-order valence-corrected chi connectivity index (χ3v) is 3.91. The Bertz CT molecular complexity index is 273. The number of piperazine rings is 1. The average molecular weight is 239 g/mol. The SMILES string of the molecule is CC(C)(C)N1CCN(C(=O)CC2CNC2)CC1. The molecule has 98 valence electrons. The van der Waals surface area contributed by atoms with Gasteiger partial charge in [0.1, 0.15) is 0 Å². The van der Waals surface area contributed by atoms with Gasteiger partial charge in [-0.25, -0.2) is 0 Å². The van der Waals surface area contributed by atoms with Crippen LogP contribution < -0.4 is 5.32 Å². The molecular formula is C13H25N3O. The molecule has 1 amide bonds. The van der Waals surface area contributed by atoms with Crippen molar-refractivity contribution in [3.63, 3.8) is 0 Å². The second-order valence-electron chi connectivity index (χ2n) is 6.27. The van der Waals surface area contributed by atoms with E-state index in [9.17, 15) is 4.79 Å². The number of carbonyl (C=O) groups is 1. The fraction of sp³-hybridized carbons (Fsp3) is 0.923. The van der Waals surface area contributed by atoms with Gasteiger partial charge in [-0.2, -0.15) is 0 Å². The summed E-state index contributed by atoms with van der Waals surface area (Å²) in [7, 11) is 0. The van der Waals surface area contributed by atoms with E-state index < -0.39 is 0 Å². The van der Waals surface area contributed by atoms with E-state index in [2.05, 4.69) is 31.0 Å². The number of nitrogens with zero attached hydrogens (tertiary/aromatic N) is 2. The van der Waals surface area contributed by atoms with Crippen LogP contribution in [0, 0.1) is 5.92 Å². The first-order valence-electron chi connectivity index (χ1n) is 6.70. The molecule has 4 heteroatoms. The summed E-state index contributed by atoms with van der Waals surface area (Å²) in [5, 5.41) is 3.22. The molecule has 17 heavy (non-hydrogen) atoms. The molecule has 2 aliphatic heterocycles. The van der Waals surface area contributed by atoms with Crippen LogP contribution in [0.2, 0.25) is 0 Å². The number of nitrogens with one attached hydrogen (secondary N) is 1. The molecule has 0 spiro atoms. The molecule has 0 aromatic carbocycles. The predicted molar refractivity (Wildman–Crippen MR) is 68.9 cm³/mol. The van der Waals surface area contributed by atoms with Crippen molar-refractivity contribution < 1.29 is 4.79 Å². The molecule has 0 aliphatic carbocycles. The molecule has 0 atom stereocenters. The van der Waals surface area contributed by atoms with E-state index in [1.54, 1.807) is 0 Å². The molecule has 4 nitrogen and oxygen atoms in total. The molecular weight excluding hydrogens is 214 g/mol. The number of hydrogen-bond donors (Lipinski definition) is 1. The topological polar surface area (TPSA) is 35.6 Å². The summed E-state index contributed by atoms with van der Waals surface area (Å²) in [4.78, 5) is 16.5. The zero-order chi connectivity index (χ0) is 12.5. The van der Waals surface area contributed by atoms with Gasteiger partial charge in [0.25, 0.3) is 0 Å². The highest BCUT2D eigenvalue weighted by molar-refractivity contribution is 5.76. The van der Waals surface area contributed by atoms with E-state index in [0.29, 0.717) is 11.8 Å². The molecule has 0 radical (unpaired) electrons. The molecule has 0 aromatic rings. The molecule has 0 saturated carbocycles. The summed E-state index contributed by atoms with van der Waals surface area (Å²) in [6, 6.07) is 0. The quantitative estimate of drug-likeness (QED) is 0.764. The maximum atomic E-state index is 12.0. The van der Waals surface area contributed by atoms with E-state index in [-0.39, 0.29) is 5.54 Å². The predicted octanol–water partition coefficient (Wildman–Crippen LogP) is 0.539. The number of rotatable bonds is 2. The minimum atomic E-state index is 0.229. The summed E-state index contributed by atoms with van der Waals surface area (Å²) < 4.78 is 0. The van der Waals surface area contributed by atoms with Gasteiger partial charge in [0.2, 0.25) is 5.91 Å². The third-order valence-electron chi connectivity index (χ3n) is 3.91. The van der Waals surface area contributed by atoms with Gasteiger partial charge in [0, 0.05) is 38.1 Å². The molecule has 2 rings (SSSR count). The van der Waals surface area contributed by atoms with Crippen molar-refractivity contribution in [2.24, 2.45) is 5.92 Å². The average Bonchev–Trinajstić information content (AvgIpc) is 2.22. The van der Waals surface area contributed by atoms with Gasteiger partial charge in [0.15, 0.2) is 0 Å². The first-order chi connectivity index (χ1) is 7.97. The van der Waals surface area contributed by atoms with E-state index in [0.717, 1.165) is 45.7 Å². The maximum absolute atomic E-state index is 12.0. The van der Waals surface area contributed by atoms with Crippen LogP contribution in [0.25, 0.3) is 0 Å². The second kappa shape index (κ2) is 4.94. The molecule has 0 bridgehead atoms. The zero-order valence-electron chi connectivity index (χ0n) is 11.3. The molecule has 0 aromatic heterocycles. The Morgan fingerprint density at radius 2 is 1.76 bits per heavy atom. The van der Waals surface area contributed by atoms with Gasteiger partial charge < -0.3 is 10.2 Å². The van der Waals surface area contributed by atoms with Crippen LogP contribution in [0.3, 0.4) is 0 Å². The molecule has 0 unspecified atom stereocenters. The Morgan fingerprint density at radius 1 is 1.18 bits per heavy atom. The Hall–Kier alpha value is -0.610. The zero-order valence-corrected chi connectivity index (χ0v) is 11.3. The molecule has 2 heterocycles. The summed E-state index contributed by atoms with van der Waals surface area (Å²) in [5.41, 5.74) is 0.229. The smallest absolute Gasteiger partial charge is 0.223 e. The molecule has 1 N–H and O–H groups in total. The fourth-order valence-electron chi connectivity index (χ4n) is 2.50. The highest BCUT2D eigenvalue weighted by Gasteiger charge is 2.29. The van der Waals surface area contributed by atoms with E-state index in [1.165, 1.54) is 0 Å². The van der Waals surface area contributed by atoms with Gasteiger partial charge in [0.05, 0.1) is 0 Å². The van der Waals surface area contributed by atoms with Crippen LogP contribution in [-0.2, 0) is 4.79 Å². The van der Waals surface area contributed by atoms with Crippen molar-refractivity contribution >= 4 is 5.91 Å². The molecule has 2 fully saturated rings. The minimum absolute atomic E-state index is 0.229. The summed E-state index contributed by atoms with van der Waals surface area (Å²) in [6.45, 7) is 12.6. The van der Waals surface area contributed by atoms with Gasteiger partial charge >= 0.3 is 0 Å². The highest BCUT2D eigenvalue weighted by atomic mass is 16.2. The van der Waals surface area contributed by atoms with Crippen molar-refractivity contribution in [1.82, 2.24) is 15.1 Å².